The highest BCUT2D eigenvalue weighted by molar-refractivity contribution is 5.55. The van der Waals surface area contributed by atoms with E-state index in [0.717, 1.165) is 18.3 Å². The summed E-state index contributed by atoms with van der Waals surface area (Å²) >= 11 is 0. The van der Waals surface area contributed by atoms with E-state index < -0.39 is 0 Å². The van der Waals surface area contributed by atoms with Gasteiger partial charge in [-0.15, -0.1) is 0 Å². The highest BCUT2D eigenvalue weighted by Crippen LogP contribution is 2.62. The molecule has 0 saturated heterocycles. The lowest BCUT2D eigenvalue weighted by molar-refractivity contribution is -0.149. The number of fused-ring (bicyclic) bond motifs is 2. The first-order chi connectivity index (χ1) is 5.57. The van der Waals surface area contributed by atoms with Crippen LogP contribution in [0, 0.1) is 29.1 Å². The second-order valence-electron chi connectivity index (χ2n) is 5.28. The molecule has 0 amide bonds. The molecule has 1 heteroatoms. The monoisotopic (exact) mass is 166 g/mol. The molecule has 3 rings (SSSR count). The molecule has 0 aromatic carbocycles. The number of carbonyl (C=O) groups excluding carboxylic acids is 1. The second kappa shape index (κ2) is 2.34. The summed E-state index contributed by atoms with van der Waals surface area (Å²) < 4.78 is 0. The maximum absolute atomic E-state index is 10.8. The zero-order valence-electron chi connectivity index (χ0n) is 8.21. The van der Waals surface area contributed by atoms with Crippen molar-refractivity contribution in [2.75, 3.05) is 0 Å². The van der Waals surface area contributed by atoms with E-state index in [4.69, 9.17) is 0 Å². The van der Waals surface area contributed by atoms with Gasteiger partial charge in [0, 0.05) is 5.92 Å². The van der Waals surface area contributed by atoms with Crippen LogP contribution in [-0.2, 0) is 4.79 Å². The second-order valence-corrected chi connectivity index (χ2v) is 5.28. The minimum Gasteiger partial charge on any atom is -0.303 e. The Kier molecular flexibility index (Phi) is 1.61. The van der Waals surface area contributed by atoms with Crippen LogP contribution in [-0.4, -0.2) is 6.29 Å². The van der Waals surface area contributed by atoms with Gasteiger partial charge in [0.1, 0.15) is 6.29 Å². The topological polar surface area (TPSA) is 17.1 Å². The van der Waals surface area contributed by atoms with Crippen molar-refractivity contribution in [2.45, 2.75) is 33.6 Å². The first kappa shape index (κ1) is 8.28. The SMILES string of the molecule is C[C@@H]1CC(C=O)[C@H]2C[C@@H]1C2(C)C. The van der Waals surface area contributed by atoms with Gasteiger partial charge in [-0.25, -0.2) is 0 Å². The predicted molar refractivity (Wildman–Crippen MR) is 48.7 cm³/mol. The Hall–Kier alpha value is -0.330. The zero-order valence-corrected chi connectivity index (χ0v) is 8.21. The molecule has 1 unspecified atom stereocenters. The van der Waals surface area contributed by atoms with E-state index in [0.29, 0.717) is 17.3 Å². The van der Waals surface area contributed by atoms with E-state index in [9.17, 15) is 4.79 Å². The van der Waals surface area contributed by atoms with Gasteiger partial charge in [-0.1, -0.05) is 20.8 Å². The Bertz CT molecular complexity index is 207. The van der Waals surface area contributed by atoms with Crippen LogP contribution >= 0.6 is 0 Å². The highest BCUT2D eigenvalue weighted by atomic mass is 16.1. The van der Waals surface area contributed by atoms with Crippen LogP contribution in [0.15, 0.2) is 0 Å². The Morgan fingerprint density at radius 2 is 1.92 bits per heavy atom. The maximum Gasteiger partial charge on any atom is 0.123 e. The van der Waals surface area contributed by atoms with Crippen LogP contribution in [0.2, 0.25) is 0 Å². The fourth-order valence-corrected chi connectivity index (χ4v) is 3.60. The van der Waals surface area contributed by atoms with Gasteiger partial charge in [0.25, 0.3) is 0 Å². The van der Waals surface area contributed by atoms with Crippen molar-refractivity contribution in [1.82, 2.24) is 0 Å². The lowest BCUT2D eigenvalue weighted by Crippen LogP contribution is -2.56. The Labute approximate surface area is 74.5 Å². The summed E-state index contributed by atoms with van der Waals surface area (Å²) in [6.07, 6.45) is 3.64. The molecule has 3 aliphatic carbocycles. The molecule has 0 spiro atoms. The fraction of sp³-hybridized carbons (Fsp3) is 0.909. The molecule has 0 N–H and O–H groups in total. The highest BCUT2D eigenvalue weighted by Gasteiger charge is 2.56. The summed E-state index contributed by atoms with van der Waals surface area (Å²) in [5.74, 6) is 2.70. The van der Waals surface area contributed by atoms with Crippen molar-refractivity contribution < 1.29 is 4.79 Å². The summed E-state index contributed by atoms with van der Waals surface area (Å²) in [6.45, 7) is 6.97. The average molecular weight is 166 g/mol. The van der Waals surface area contributed by atoms with Gasteiger partial charge in [-0.3, -0.25) is 0 Å². The molecule has 0 aliphatic heterocycles. The van der Waals surface area contributed by atoms with Gasteiger partial charge in [0.2, 0.25) is 0 Å². The Morgan fingerprint density at radius 1 is 1.25 bits per heavy atom. The molecule has 2 bridgehead atoms. The van der Waals surface area contributed by atoms with Crippen LogP contribution in [0.25, 0.3) is 0 Å². The van der Waals surface area contributed by atoms with E-state index in [1.165, 1.54) is 12.7 Å². The van der Waals surface area contributed by atoms with Crippen LogP contribution in [0.1, 0.15) is 33.6 Å². The molecule has 0 radical (unpaired) electrons. The van der Waals surface area contributed by atoms with Crippen LogP contribution in [0.5, 0.6) is 0 Å². The number of carbonyl (C=O) groups is 1. The average Bonchev–Trinajstić information content (AvgIpc) is 2.02. The van der Waals surface area contributed by atoms with Crippen LogP contribution in [0.3, 0.4) is 0 Å². The standard InChI is InChI=1S/C11H18O/c1-7-4-8(6-12)10-5-9(7)11(10,2)3/h6-10H,4-5H2,1-3H3/t7-,8?,9+,10-/m1/s1. The number of hydrogen-bond donors (Lipinski definition) is 0. The zero-order chi connectivity index (χ0) is 8.93. The first-order valence-corrected chi connectivity index (χ1v) is 5.02. The molecule has 0 aromatic rings. The van der Waals surface area contributed by atoms with Crippen molar-refractivity contribution in [3.05, 3.63) is 0 Å². The van der Waals surface area contributed by atoms with Gasteiger partial charge in [0.15, 0.2) is 0 Å². The van der Waals surface area contributed by atoms with Gasteiger partial charge < -0.3 is 4.79 Å². The lowest BCUT2D eigenvalue weighted by Gasteiger charge is -2.61. The largest absolute Gasteiger partial charge is 0.303 e. The Balaban J connectivity index is 2.21. The van der Waals surface area contributed by atoms with Gasteiger partial charge >= 0.3 is 0 Å². The smallest absolute Gasteiger partial charge is 0.123 e. The van der Waals surface area contributed by atoms with Crippen molar-refractivity contribution in [3.8, 4) is 0 Å². The summed E-state index contributed by atoms with van der Waals surface area (Å²) in [6, 6.07) is 0. The summed E-state index contributed by atoms with van der Waals surface area (Å²) in [4.78, 5) is 10.8. The molecule has 4 atom stereocenters. The molecule has 12 heavy (non-hydrogen) atoms. The number of aldehydes is 1. The Morgan fingerprint density at radius 3 is 2.33 bits per heavy atom. The van der Waals surface area contributed by atoms with E-state index in [2.05, 4.69) is 20.8 Å². The predicted octanol–water partition coefficient (Wildman–Crippen LogP) is 2.50. The lowest BCUT2D eigenvalue weighted by atomic mass is 9.43. The van der Waals surface area contributed by atoms with E-state index in [-0.39, 0.29) is 0 Å². The van der Waals surface area contributed by atoms with E-state index in [1.54, 1.807) is 0 Å². The molecule has 3 saturated carbocycles. The molecular formula is C11H18O. The minimum atomic E-state index is 0.361. The third-order valence-electron chi connectivity index (χ3n) is 4.44. The van der Waals surface area contributed by atoms with Crippen LogP contribution < -0.4 is 0 Å². The number of rotatable bonds is 1. The van der Waals surface area contributed by atoms with E-state index >= 15 is 0 Å². The molecule has 68 valence electrons. The molecule has 1 nitrogen and oxygen atoms in total. The summed E-state index contributed by atoms with van der Waals surface area (Å²) in [7, 11) is 0. The van der Waals surface area contributed by atoms with Gasteiger partial charge in [0.05, 0.1) is 0 Å². The van der Waals surface area contributed by atoms with Crippen LogP contribution in [0.4, 0.5) is 0 Å². The normalized spacial score (nSPS) is 49.6. The molecule has 0 heterocycles. The molecule has 3 fully saturated rings. The number of hydrogen-bond acceptors (Lipinski definition) is 1. The third-order valence-corrected chi connectivity index (χ3v) is 4.44. The summed E-state index contributed by atoms with van der Waals surface area (Å²) in [5.41, 5.74) is 0.448. The first-order valence-electron chi connectivity index (χ1n) is 5.02. The van der Waals surface area contributed by atoms with Crippen molar-refractivity contribution in [3.63, 3.8) is 0 Å². The summed E-state index contributed by atoms with van der Waals surface area (Å²) in [5, 5.41) is 0. The maximum atomic E-state index is 10.8. The molecular weight excluding hydrogens is 148 g/mol. The fourth-order valence-electron chi connectivity index (χ4n) is 3.60. The minimum absolute atomic E-state index is 0.361. The van der Waals surface area contributed by atoms with Crippen molar-refractivity contribution in [2.24, 2.45) is 29.1 Å². The molecule has 0 aromatic heterocycles. The van der Waals surface area contributed by atoms with Gasteiger partial charge in [-0.2, -0.15) is 0 Å². The molecule has 3 aliphatic rings. The van der Waals surface area contributed by atoms with E-state index in [1.807, 2.05) is 0 Å². The van der Waals surface area contributed by atoms with Crippen molar-refractivity contribution >= 4 is 6.29 Å². The third kappa shape index (κ3) is 0.826. The van der Waals surface area contributed by atoms with Gasteiger partial charge in [-0.05, 0) is 36.0 Å². The van der Waals surface area contributed by atoms with Crippen molar-refractivity contribution in [1.29, 1.82) is 0 Å². The quantitative estimate of drug-likeness (QED) is 0.547.